The first-order valence-corrected chi connectivity index (χ1v) is 7.06. The number of aliphatic imine (C=N–C) groups is 1. The Hall–Kier alpha value is -2.40. The van der Waals surface area contributed by atoms with Crippen molar-refractivity contribution in [2.45, 2.75) is 0 Å². The van der Waals surface area contributed by atoms with Crippen LogP contribution in [0, 0.1) is 0 Å². The molecule has 0 amide bonds. The molecule has 0 fully saturated rings. The number of aliphatic hydroxyl groups is 1. The molecule has 1 aliphatic heterocycles. The minimum absolute atomic E-state index is 0.0375. The fourth-order valence-electron chi connectivity index (χ4n) is 2.30. The highest BCUT2D eigenvalue weighted by Crippen LogP contribution is 2.14. The van der Waals surface area contributed by atoms with Gasteiger partial charge in [-0.25, -0.2) is 10.0 Å². The molecule has 21 heavy (non-hydrogen) atoms. The predicted octanol–water partition coefficient (Wildman–Crippen LogP) is 1.43. The standard InChI is InChI=1S/C16H18N4O/c21-10-9-20(16-17-7-8-18-16)19-12-13-5-6-14-3-1-2-4-15(14)11-13/h1-6,11-12,21H,7-10H2,(H,17,18)/b19-12+. The van der Waals surface area contributed by atoms with Crippen LogP contribution in [0.4, 0.5) is 0 Å². The summed E-state index contributed by atoms with van der Waals surface area (Å²) in [7, 11) is 0. The van der Waals surface area contributed by atoms with Gasteiger partial charge in [0.05, 0.1) is 25.9 Å². The zero-order valence-corrected chi connectivity index (χ0v) is 11.7. The zero-order chi connectivity index (χ0) is 14.5. The van der Waals surface area contributed by atoms with Gasteiger partial charge in [-0.2, -0.15) is 5.10 Å². The zero-order valence-electron chi connectivity index (χ0n) is 11.7. The Morgan fingerprint density at radius 1 is 1.24 bits per heavy atom. The molecule has 0 aromatic heterocycles. The SMILES string of the molecule is OCCN(/N=C/c1ccc2ccccc2c1)C1=NCCN1. The molecule has 0 unspecified atom stereocenters. The van der Waals surface area contributed by atoms with E-state index in [-0.39, 0.29) is 6.61 Å². The second kappa shape index (κ2) is 6.37. The summed E-state index contributed by atoms with van der Waals surface area (Å²) < 4.78 is 0. The molecular formula is C16H18N4O. The van der Waals surface area contributed by atoms with Crippen molar-refractivity contribution in [3.05, 3.63) is 48.0 Å². The highest BCUT2D eigenvalue weighted by molar-refractivity contribution is 5.91. The molecule has 1 heterocycles. The van der Waals surface area contributed by atoms with Crippen LogP contribution in [0.15, 0.2) is 52.6 Å². The Balaban J connectivity index is 1.81. The number of hydrogen-bond donors (Lipinski definition) is 2. The topological polar surface area (TPSA) is 60.2 Å². The molecule has 1 aliphatic rings. The van der Waals surface area contributed by atoms with Crippen molar-refractivity contribution in [1.29, 1.82) is 0 Å². The van der Waals surface area contributed by atoms with Crippen molar-refractivity contribution >= 4 is 22.9 Å². The molecule has 0 radical (unpaired) electrons. The fourth-order valence-corrected chi connectivity index (χ4v) is 2.30. The quantitative estimate of drug-likeness (QED) is 0.659. The lowest BCUT2D eigenvalue weighted by Crippen LogP contribution is -2.36. The normalized spacial score (nSPS) is 14.4. The van der Waals surface area contributed by atoms with Crippen molar-refractivity contribution in [2.75, 3.05) is 26.2 Å². The highest BCUT2D eigenvalue weighted by Gasteiger charge is 2.12. The third-order valence-corrected chi connectivity index (χ3v) is 3.33. The molecule has 5 nitrogen and oxygen atoms in total. The maximum absolute atomic E-state index is 9.14. The van der Waals surface area contributed by atoms with Crippen LogP contribution in [0.25, 0.3) is 10.8 Å². The molecule has 0 aliphatic carbocycles. The Kier molecular flexibility index (Phi) is 4.12. The Morgan fingerprint density at radius 3 is 2.86 bits per heavy atom. The van der Waals surface area contributed by atoms with Crippen molar-refractivity contribution < 1.29 is 5.11 Å². The molecular weight excluding hydrogens is 264 g/mol. The lowest BCUT2D eigenvalue weighted by Gasteiger charge is -2.17. The monoisotopic (exact) mass is 282 g/mol. The van der Waals surface area contributed by atoms with Crippen LogP contribution in [-0.4, -0.2) is 48.5 Å². The van der Waals surface area contributed by atoms with Gasteiger partial charge in [0, 0.05) is 6.54 Å². The van der Waals surface area contributed by atoms with Crippen molar-refractivity contribution in [3.63, 3.8) is 0 Å². The van der Waals surface area contributed by atoms with E-state index < -0.39 is 0 Å². The van der Waals surface area contributed by atoms with E-state index in [2.05, 4.69) is 39.7 Å². The summed E-state index contributed by atoms with van der Waals surface area (Å²) in [4.78, 5) is 4.32. The number of nitrogens with one attached hydrogen (secondary N) is 1. The van der Waals surface area contributed by atoms with Crippen LogP contribution in [0.1, 0.15) is 5.56 Å². The summed E-state index contributed by atoms with van der Waals surface area (Å²) in [6, 6.07) is 14.4. The Labute approximate surface area is 123 Å². The number of rotatable bonds is 4. The van der Waals surface area contributed by atoms with E-state index in [9.17, 15) is 0 Å². The van der Waals surface area contributed by atoms with E-state index in [1.54, 1.807) is 11.2 Å². The number of fused-ring (bicyclic) bond motifs is 1. The smallest absolute Gasteiger partial charge is 0.215 e. The first-order valence-electron chi connectivity index (χ1n) is 7.06. The molecule has 5 heteroatoms. The van der Waals surface area contributed by atoms with Gasteiger partial charge in [0.2, 0.25) is 5.96 Å². The predicted molar refractivity (Wildman–Crippen MR) is 85.6 cm³/mol. The van der Waals surface area contributed by atoms with Gasteiger partial charge in [0.25, 0.3) is 0 Å². The van der Waals surface area contributed by atoms with E-state index >= 15 is 0 Å². The third kappa shape index (κ3) is 3.20. The number of hydrazone groups is 1. The highest BCUT2D eigenvalue weighted by atomic mass is 16.3. The van der Waals surface area contributed by atoms with Crippen LogP contribution in [0.5, 0.6) is 0 Å². The molecule has 0 saturated heterocycles. The Bertz CT molecular complexity index is 681. The molecule has 0 spiro atoms. The van der Waals surface area contributed by atoms with Gasteiger partial charge in [0.15, 0.2) is 0 Å². The van der Waals surface area contributed by atoms with Gasteiger partial charge >= 0.3 is 0 Å². The summed E-state index contributed by atoms with van der Waals surface area (Å²) in [5.41, 5.74) is 1.02. The second-order valence-corrected chi connectivity index (χ2v) is 4.83. The van der Waals surface area contributed by atoms with Gasteiger partial charge in [-0.05, 0) is 22.4 Å². The number of hydrogen-bond acceptors (Lipinski definition) is 5. The maximum Gasteiger partial charge on any atom is 0.215 e. The van der Waals surface area contributed by atoms with E-state index in [0.717, 1.165) is 24.6 Å². The second-order valence-electron chi connectivity index (χ2n) is 4.83. The summed E-state index contributed by atoms with van der Waals surface area (Å²) in [5, 5.41) is 20.8. The van der Waals surface area contributed by atoms with Gasteiger partial charge < -0.3 is 10.4 Å². The van der Waals surface area contributed by atoms with Crippen LogP contribution in [0.3, 0.4) is 0 Å². The first kappa shape index (κ1) is 13.6. The number of guanidine groups is 1. The van der Waals surface area contributed by atoms with E-state index in [1.807, 2.05) is 18.2 Å². The molecule has 2 aromatic carbocycles. The summed E-state index contributed by atoms with van der Waals surface area (Å²) in [6.07, 6.45) is 1.80. The number of aliphatic hydroxyl groups excluding tert-OH is 1. The largest absolute Gasteiger partial charge is 0.394 e. The summed E-state index contributed by atoms with van der Waals surface area (Å²) in [6.45, 7) is 2.04. The summed E-state index contributed by atoms with van der Waals surface area (Å²) in [5.74, 6) is 0.723. The van der Waals surface area contributed by atoms with Crippen molar-refractivity contribution in [3.8, 4) is 0 Å². The number of nitrogens with zero attached hydrogens (tertiary/aromatic N) is 3. The van der Waals surface area contributed by atoms with Crippen molar-refractivity contribution in [2.24, 2.45) is 10.1 Å². The van der Waals surface area contributed by atoms with Crippen LogP contribution >= 0.6 is 0 Å². The molecule has 2 aromatic rings. The van der Waals surface area contributed by atoms with Crippen LogP contribution < -0.4 is 5.32 Å². The minimum atomic E-state index is 0.0375. The average Bonchev–Trinajstić information content (AvgIpc) is 3.05. The van der Waals surface area contributed by atoms with Gasteiger partial charge in [-0.3, -0.25) is 0 Å². The Morgan fingerprint density at radius 2 is 2.10 bits per heavy atom. The average molecular weight is 282 g/mol. The molecule has 0 saturated carbocycles. The minimum Gasteiger partial charge on any atom is -0.394 e. The van der Waals surface area contributed by atoms with Gasteiger partial charge in [0.1, 0.15) is 0 Å². The molecule has 0 atom stereocenters. The van der Waals surface area contributed by atoms with Crippen LogP contribution in [-0.2, 0) is 0 Å². The van der Waals surface area contributed by atoms with Crippen LogP contribution in [0.2, 0.25) is 0 Å². The molecule has 2 N–H and O–H groups in total. The number of benzene rings is 2. The molecule has 108 valence electrons. The lowest BCUT2D eigenvalue weighted by molar-refractivity contribution is 0.251. The van der Waals surface area contributed by atoms with Crippen molar-refractivity contribution in [1.82, 2.24) is 10.3 Å². The van der Waals surface area contributed by atoms with E-state index in [0.29, 0.717) is 6.54 Å². The van der Waals surface area contributed by atoms with Gasteiger partial charge in [-0.1, -0.05) is 36.4 Å². The molecule has 3 rings (SSSR count). The lowest BCUT2D eigenvalue weighted by atomic mass is 10.1. The molecule has 0 bridgehead atoms. The fraction of sp³-hybridized carbons (Fsp3) is 0.250. The third-order valence-electron chi connectivity index (χ3n) is 3.33. The van der Waals surface area contributed by atoms with E-state index in [1.165, 1.54) is 10.8 Å². The van der Waals surface area contributed by atoms with E-state index in [4.69, 9.17) is 5.11 Å². The first-order chi connectivity index (χ1) is 10.4. The maximum atomic E-state index is 9.14. The summed E-state index contributed by atoms with van der Waals surface area (Å²) >= 11 is 0. The van der Waals surface area contributed by atoms with Gasteiger partial charge in [-0.15, -0.1) is 0 Å².